The van der Waals surface area contributed by atoms with Crippen molar-refractivity contribution in [2.24, 2.45) is 0 Å². The van der Waals surface area contributed by atoms with Gasteiger partial charge in [0.25, 0.3) is 0 Å². The van der Waals surface area contributed by atoms with Gasteiger partial charge in [-0.3, -0.25) is 14.2 Å². The Morgan fingerprint density at radius 3 is 2.72 bits per heavy atom. The molecule has 0 radical (unpaired) electrons. The summed E-state index contributed by atoms with van der Waals surface area (Å²) >= 11 is 0. The van der Waals surface area contributed by atoms with Gasteiger partial charge in [0.2, 0.25) is 11.7 Å². The van der Waals surface area contributed by atoms with E-state index in [4.69, 9.17) is 5.11 Å². The van der Waals surface area contributed by atoms with Crippen molar-refractivity contribution in [1.82, 2.24) is 14.9 Å². The van der Waals surface area contributed by atoms with Gasteiger partial charge in [0.15, 0.2) is 0 Å². The van der Waals surface area contributed by atoms with Crippen LogP contribution in [-0.2, 0) is 16.1 Å². The van der Waals surface area contributed by atoms with Crippen LogP contribution in [0.1, 0.15) is 12.7 Å². The molecule has 1 rings (SSSR count). The summed E-state index contributed by atoms with van der Waals surface area (Å²) in [4.78, 5) is 35.4. The third-order valence-electron chi connectivity index (χ3n) is 2.21. The average Bonchev–Trinajstić information content (AvgIpc) is 2.60. The van der Waals surface area contributed by atoms with Gasteiger partial charge in [0.1, 0.15) is 18.8 Å². The Hall–Kier alpha value is -2.45. The molecule has 18 heavy (non-hydrogen) atoms. The molecule has 0 spiro atoms. The number of aliphatic carboxylic acids is 1. The second-order valence-corrected chi connectivity index (χ2v) is 3.66. The number of hydrogen-bond acceptors (Lipinski definition) is 5. The van der Waals surface area contributed by atoms with E-state index in [2.05, 4.69) is 10.3 Å². The highest BCUT2D eigenvalue weighted by Crippen LogP contribution is 2.09. The first-order chi connectivity index (χ1) is 8.31. The molecule has 1 amide bonds. The van der Waals surface area contributed by atoms with Crippen LogP contribution in [-0.4, -0.2) is 37.5 Å². The first-order valence-corrected chi connectivity index (χ1v) is 5.01. The van der Waals surface area contributed by atoms with Gasteiger partial charge >= 0.3 is 11.8 Å². The molecular formula is C9H12N4O5. The van der Waals surface area contributed by atoms with Crippen molar-refractivity contribution in [1.29, 1.82) is 0 Å². The first kappa shape index (κ1) is 13.6. The molecule has 9 nitrogen and oxygen atoms in total. The quantitative estimate of drug-likeness (QED) is 0.549. The zero-order valence-electron chi connectivity index (χ0n) is 9.78. The summed E-state index contributed by atoms with van der Waals surface area (Å²) in [6, 6.07) is -1.02. The van der Waals surface area contributed by atoms with Crippen LogP contribution in [0, 0.1) is 17.0 Å². The van der Waals surface area contributed by atoms with E-state index >= 15 is 0 Å². The van der Waals surface area contributed by atoms with E-state index in [1.165, 1.54) is 18.4 Å². The maximum absolute atomic E-state index is 11.5. The topological polar surface area (TPSA) is 127 Å². The fourth-order valence-corrected chi connectivity index (χ4v) is 1.24. The Balaban J connectivity index is 2.70. The molecule has 1 heterocycles. The Kier molecular flexibility index (Phi) is 3.97. The minimum atomic E-state index is -1.16. The summed E-state index contributed by atoms with van der Waals surface area (Å²) in [5.41, 5.74) is 0. The van der Waals surface area contributed by atoms with E-state index in [0.29, 0.717) is 5.82 Å². The lowest BCUT2D eigenvalue weighted by atomic mass is 10.3. The number of imidazole rings is 1. The second-order valence-electron chi connectivity index (χ2n) is 3.66. The highest BCUT2D eigenvalue weighted by Gasteiger charge is 2.19. The summed E-state index contributed by atoms with van der Waals surface area (Å²) < 4.78 is 1.28. The van der Waals surface area contributed by atoms with Crippen molar-refractivity contribution >= 4 is 17.7 Å². The van der Waals surface area contributed by atoms with E-state index in [0.717, 1.165) is 6.20 Å². The van der Waals surface area contributed by atoms with Crippen LogP contribution in [0.15, 0.2) is 6.20 Å². The number of aryl methyl sites for hydroxylation is 1. The highest BCUT2D eigenvalue weighted by atomic mass is 16.6. The van der Waals surface area contributed by atoms with Crippen LogP contribution in [0.3, 0.4) is 0 Å². The van der Waals surface area contributed by atoms with Gasteiger partial charge in [-0.25, -0.2) is 0 Å². The fourth-order valence-electron chi connectivity index (χ4n) is 1.24. The fraction of sp³-hybridized carbons (Fsp3) is 0.444. The molecule has 0 saturated carbocycles. The van der Waals surface area contributed by atoms with Gasteiger partial charge in [-0.1, -0.05) is 0 Å². The smallest absolute Gasteiger partial charge is 0.381 e. The zero-order chi connectivity index (χ0) is 13.9. The number of nitro groups is 1. The molecule has 1 unspecified atom stereocenters. The molecule has 0 fully saturated rings. The minimum Gasteiger partial charge on any atom is -0.480 e. The number of amides is 1. The standard InChI is InChI=1S/C9H12N4O5/c1-5(9(15)16)10-8(14)4-12-3-7(13(17)18)11-6(12)2/h3,5H,4H2,1-2H3,(H,10,14)(H,15,16). The monoisotopic (exact) mass is 256 g/mol. The average molecular weight is 256 g/mol. The molecule has 1 aromatic rings. The number of carbonyl (C=O) groups is 2. The Bertz CT molecular complexity index is 495. The van der Waals surface area contributed by atoms with Crippen LogP contribution in [0.25, 0.3) is 0 Å². The molecule has 1 aromatic heterocycles. The van der Waals surface area contributed by atoms with Gasteiger partial charge in [-0.2, -0.15) is 0 Å². The molecule has 0 aliphatic carbocycles. The van der Waals surface area contributed by atoms with E-state index in [-0.39, 0.29) is 12.4 Å². The maximum atomic E-state index is 11.5. The SMILES string of the molecule is Cc1nc([N+](=O)[O-])cn1CC(=O)NC(C)C(=O)O. The number of carboxylic acids is 1. The van der Waals surface area contributed by atoms with E-state index < -0.39 is 22.8 Å². The molecular weight excluding hydrogens is 244 g/mol. The van der Waals surface area contributed by atoms with Crippen LogP contribution < -0.4 is 5.32 Å². The number of nitrogens with one attached hydrogen (secondary N) is 1. The van der Waals surface area contributed by atoms with Gasteiger partial charge in [0.05, 0.1) is 0 Å². The van der Waals surface area contributed by atoms with Gasteiger partial charge < -0.3 is 20.5 Å². The molecule has 0 saturated heterocycles. The number of aromatic nitrogens is 2. The van der Waals surface area contributed by atoms with E-state index in [1.807, 2.05) is 0 Å². The molecule has 0 bridgehead atoms. The molecule has 1 atom stereocenters. The van der Waals surface area contributed by atoms with Crippen LogP contribution >= 0.6 is 0 Å². The predicted molar refractivity (Wildman–Crippen MR) is 58.9 cm³/mol. The van der Waals surface area contributed by atoms with Crippen molar-refractivity contribution in [2.45, 2.75) is 26.4 Å². The van der Waals surface area contributed by atoms with Gasteiger partial charge in [-0.15, -0.1) is 0 Å². The summed E-state index contributed by atoms with van der Waals surface area (Å²) in [5.74, 6) is -1.76. The minimum absolute atomic E-state index is 0.218. The lowest BCUT2D eigenvalue weighted by Crippen LogP contribution is -2.40. The van der Waals surface area contributed by atoms with Crippen LogP contribution in [0.4, 0.5) is 5.82 Å². The van der Waals surface area contributed by atoms with Gasteiger partial charge in [0, 0.05) is 6.92 Å². The van der Waals surface area contributed by atoms with E-state index in [9.17, 15) is 19.7 Å². The Morgan fingerprint density at radius 1 is 1.67 bits per heavy atom. The third kappa shape index (κ3) is 3.27. The molecule has 9 heteroatoms. The highest BCUT2D eigenvalue weighted by molar-refractivity contribution is 5.83. The molecule has 0 aliphatic rings. The lowest BCUT2D eigenvalue weighted by Gasteiger charge is -2.09. The number of carbonyl (C=O) groups excluding carboxylic acids is 1. The van der Waals surface area contributed by atoms with Crippen molar-refractivity contribution in [3.63, 3.8) is 0 Å². The molecule has 0 aliphatic heterocycles. The number of carboxylic acid groups (broad SMARTS) is 1. The zero-order valence-corrected chi connectivity index (χ0v) is 9.78. The number of nitrogens with zero attached hydrogens (tertiary/aromatic N) is 3. The Morgan fingerprint density at radius 2 is 2.28 bits per heavy atom. The van der Waals surface area contributed by atoms with Crippen molar-refractivity contribution < 1.29 is 19.6 Å². The largest absolute Gasteiger partial charge is 0.480 e. The normalized spacial score (nSPS) is 11.9. The molecule has 0 aromatic carbocycles. The van der Waals surface area contributed by atoms with Crippen molar-refractivity contribution in [3.8, 4) is 0 Å². The van der Waals surface area contributed by atoms with Crippen molar-refractivity contribution in [2.75, 3.05) is 0 Å². The lowest BCUT2D eigenvalue weighted by molar-refractivity contribution is -0.389. The summed E-state index contributed by atoms with van der Waals surface area (Å²) in [5, 5.41) is 21.3. The van der Waals surface area contributed by atoms with Crippen molar-refractivity contribution in [3.05, 3.63) is 22.1 Å². The number of hydrogen-bond donors (Lipinski definition) is 2. The Labute approximate surface area is 102 Å². The molecule has 98 valence electrons. The molecule has 2 N–H and O–H groups in total. The third-order valence-corrected chi connectivity index (χ3v) is 2.21. The summed E-state index contributed by atoms with van der Waals surface area (Å²) in [6.45, 7) is 2.62. The predicted octanol–water partition coefficient (Wildman–Crippen LogP) is -0.311. The van der Waals surface area contributed by atoms with E-state index in [1.54, 1.807) is 0 Å². The first-order valence-electron chi connectivity index (χ1n) is 5.01. The van der Waals surface area contributed by atoms with Crippen LogP contribution in [0.5, 0.6) is 0 Å². The summed E-state index contributed by atoms with van der Waals surface area (Å²) in [6.07, 6.45) is 1.13. The van der Waals surface area contributed by atoms with Gasteiger partial charge in [-0.05, 0) is 16.8 Å². The van der Waals surface area contributed by atoms with Crippen LogP contribution in [0.2, 0.25) is 0 Å². The number of rotatable bonds is 5. The maximum Gasteiger partial charge on any atom is 0.381 e. The summed E-state index contributed by atoms with van der Waals surface area (Å²) in [7, 11) is 0. The second kappa shape index (κ2) is 5.25.